The van der Waals surface area contributed by atoms with Crippen molar-refractivity contribution >= 4 is 5.91 Å². The van der Waals surface area contributed by atoms with E-state index in [0.717, 1.165) is 0 Å². The highest BCUT2D eigenvalue weighted by molar-refractivity contribution is 5.91. The second kappa shape index (κ2) is 8.15. The van der Waals surface area contributed by atoms with Gasteiger partial charge in [0.2, 0.25) is 0 Å². The van der Waals surface area contributed by atoms with E-state index in [2.05, 4.69) is 11.9 Å². The van der Waals surface area contributed by atoms with E-state index >= 15 is 0 Å². The highest BCUT2D eigenvalue weighted by Crippen LogP contribution is 2.07. The largest absolute Gasteiger partial charge is 0.486 e. The van der Waals surface area contributed by atoms with E-state index in [4.69, 9.17) is 36.0 Å². The molecule has 8 N–H and O–H groups in total. The van der Waals surface area contributed by atoms with Gasteiger partial charge in [0.15, 0.2) is 5.76 Å². The van der Waals surface area contributed by atoms with Crippen LogP contribution in [0.3, 0.4) is 0 Å². The third-order valence-electron chi connectivity index (χ3n) is 2.70. The highest BCUT2D eigenvalue weighted by Gasteiger charge is 2.32. The highest BCUT2D eigenvalue weighted by atomic mass is 16.5. The van der Waals surface area contributed by atoms with Crippen molar-refractivity contribution in [3.63, 3.8) is 0 Å². The summed E-state index contributed by atoms with van der Waals surface area (Å²) in [4.78, 5) is 11.7. The predicted octanol–water partition coefficient (Wildman–Crippen LogP) is -3.97. The van der Waals surface area contributed by atoms with Crippen LogP contribution >= 0.6 is 0 Å². The summed E-state index contributed by atoms with van der Waals surface area (Å²) in [6.07, 6.45) is 0. The van der Waals surface area contributed by atoms with Crippen LogP contribution in [0.5, 0.6) is 0 Å². The number of rotatable bonds is 10. The number of hydrogen-bond donors (Lipinski definition) is 7. The Bertz CT molecular complexity index is 318. The van der Waals surface area contributed by atoms with Crippen molar-refractivity contribution in [3.05, 3.63) is 12.3 Å². The van der Waals surface area contributed by atoms with Crippen molar-refractivity contribution in [2.75, 3.05) is 39.6 Å². The molecule has 0 rings (SSSR count). The summed E-state index contributed by atoms with van der Waals surface area (Å²) in [5.74, 6) is -1.28. The zero-order valence-corrected chi connectivity index (χ0v) is 11.1. The minimum absolute atomic E-state index is 0.364. The molecule has 9 nitrogen and oxygen atoms in total. The van der Waals surface area contributed by atoms with Crippen molar-refractivity contribution in [2.45, 2.75) is 11.1 Å². The Labute approximate surface area is 116 Å². The van der Waals surface area contributed by atoms with Crippen molar-refractivity contribution in [2.24, 2.45) is 5.73 Å². The standard InChI is InChI=1S/C11H22N2O7/c1-8(20-7-10(12,2-14)3-15)9(19)13-11(4-16,5-17)6-18/h14-18H,1-7,12H2,(H,13,19). The summed E-state index contributed by atoms with van der Waals surface area (Å²) < 4.78 is 4.93. The zero-order chi connectivity index (χ0) is 15.8. The molecule has 0 aliphatic rings. The molecule has 0 atom stereocenters. The number of carbonyl (C=O) groups excluding carboxylic acids is 1. The second-order valence-corrected chi connectivity index (χ2v) is 4.60. The summed E-state index contributed by atoms with van der Waals surface area (Å²) >= 11 is 0. The first kappa shape index (κ1) is 18.8. The predicted molar refractivity (Wildman–Crippen MR) is 68.3 cm³/mol. The molecule has 118 valence electrons. The molecule has 0 heterocycles. The fraction of sp³-hybridized carbons (Fsp3) is 0.727. The van der Waals surface area contributed by atoms with Crippen LogP contribution in [0.4, 0.5) is 0 Å². The molecule has 0 bridgehead atoms. The van der Waals surface area contributed by atoms with Crippen molar-refractivity contribution in [3.8, 4) is 0 Å². The second-order valence-electron chi connectivity index (χ2n) is 4.60. The van der Waals surface area contributed by atoms with Crippen LogP contribution in [0.15, 0.2) is 12.3 Å². The van der Waals surface area contributed by atoms with Crippen LogP contribution in [-0.2, 0) is 9.53 Å². The van der Waals surface area contributed by atoms with Gasteiger partial charge < -0.3 is 41.3 Å². The number of carbonyl (C=O) groups is 1. The summed E-state index contributed by atoms with van der Waals surface area (Å²) in [6.45, 7) is -0.238. The summed E-state index contributed by atoms with van der Waals surface area (Å²) in [5.41, 5.74) is 2.51. The molecule has 0 aromatic heterocycles. The summed E-state index contributed by atoms with van der Waals surface area (Å²) in [6, 6.07) is 0. The van der Waals surface area contributed by atoms with Gasteiger partial charge in [0.05, 0.1) is 38.6 Å². The topological polar surface area (TPSA) is 166 Å². The lowest BCUT2D eigenvalue weighted by atomic mass is 10.0. The molecular weight excluding hydrogens is 272 g/mol. The van der Waals surface area contributed by atoms with Crippen LogP contribution < -0.4 is 11.1 Å². The Balaban J connectivity index is 4.53. The third-order valence-corrected chi connectivity index (χ3v) is 2.70. The number of aliphatic hydroxyl groups is 5. The van der Waals surface area contributed by atoms with Crippen LogP contribution in [-0.4, -0.2) is 82.2 Å². The van der Waals surface area contributed by atoms with Crippen molar-refractivity contribution in [1.82, 2.24) is 5.32 Å². The number of ether oxygens (including phenoxy) is 1. The SMILES string of the molecule is C=C(OCC(N)(CO)CO)C(=O)NC(CO)(CO)CO. The molecule has 0 radical (unpaired) electrons. The lowest BCUT2D eigenvalue weighted by Gasteiger charge is -2.29. The Morgan fingerprint density at radius 1 is 1.05 bits per heavy atom. The fourth-order valence-corrected chi connectivity index (χ4v) is 1.02. The van der Waals surface area contributed by atoms with E-state index in [1.165, 1.54) is 0 Å². The van der Waals surface area contributed by atoms with Crippen LogP contribution in [0.2, 0.25) is 0 Å². The van der Waals surface area contributed by atoms with E-state index in [1.807, 2.05) is 0 Å². The molecule has 0 unspecified atom stereocenters. The van der Waals surface area contributed by atoms with Crippen LogP contribution in [0.25, 0.3) is 0 Å². The quantitative estimate of drug-likeness (QED) is 0.158. The maximum atomic E-state index is 11.7. The Hall–Kier alpha value is -1.23. The Kier molecular flexibility index (Phi) is 7.64. The average Bonchev–Trinajstić information content (AvgIpc) is 2.49. The number of nitrogens with two attached hydrogens (primary N) is 1. The smallest absolute Gasteiger partial charge is 0.286 e. The van der Waals surface area contributed by atoms with E-state index in [0.29, 0.717) is 0 Å². The summed E-state index contributed by atoms with van der Waals surface area (Å²) in [7, 11) is 0. The molecular formula is C11H22N2O7. The zero-order valence-electron chi connectivity index (χ0n) is 11.1. The van der Waals surface area contributed by atoms with Gasteiger partial charge in [0.25, 0.3) is 5.91 Å². The van der Waals surface area contributed by atoms with Crippen molar-refractivity contribution < 1.29 is 35.1 Å². The van der Waals surface area contributed by atoms with Gasteiger partial charge in [-0.25, -0.2) is 0 Å². The monoisotopic (exact) mass is 294 g/mol. The maximum Gasteiger partial charge on any atom is 0.286 e. The molecule has 0 saturated carbocycles. The third kappa shape index (κ3) is 5.04. The number of amides is 1. The minimum atomic E-state index is -1.60. The molecule has 0 aromatic rings. The first-order valence-corrected chi connectivity index (χ1v) is 5.79. The van der Waals surface area contributed by atoms with Crippen LogP contribution in [0.1, 0.15) is 0 Å². The van der Waals surface area contributed by atoms with Gasteiger partial charge in [-0.2, -0.15) is 0 Å². The normalized spacial score (nSPS) is 12.1. The Morgan fingerprint density at radius 2 is 1.50 bits per heavy atom. The van der Waals surface area contributed by atoms with E-state index in [-0.39, 0.29) is 6.61 Å². The van der Waals surface area contributed by atoms with Crippen LogP contribution in [0, 0.1) is 0 Å². The minimum Gasteiger partial charge on any atom is -0.486 e. The molecule has 1 amide bonds. The van der Waals surface area contributed by atoms with E-state index in [9.17, 15) is 4.79 Å². The fourth-order valence-electron chi connectivity index (χ4n) is 1.02. The van der Waals surface area contributed by atoms with Crippen molar-refractivity contribution in [1.29, 1.82) is 0 Å². The summed E-state index contributed by atoms with van der Waals surface area (Å²) in [5, 5.41) is 47.2. The van der Waals surface area contributed by atoms with Gasteiger partial charge in [-0.15, -0.1) is 0 Å². The maximum absolute atomic E-state index is 11.7. The van der Waals surface area contributed by atoms with Gasteiger partial charge in [-0.05, 0) is 0 Å². The molecule has 0 aliphatic carbocycles. The number of aliphatic hydroxyl groups excluding tert-OH is 5. The number of hydrogen-bond acceptors (Lipinski definition) is 8. The first-order chi connectivity index (χ1) is 9.31. The molecule has 9 heteroatoms. The van der Waals surface area contributed by atoms with Gasteiger partial charge >= 0.3 is 0 Å². The van der Waals surface area contributed by atoms with Gasteiger partial charge in [-0.3, -0.25) is 4.79 Å². The molecule has 20 heavy (non-hydrogen) atoms. The van der Waals surface area contributed by atoms with Gasteiger partial charge in [0.1, 0.15) is 12.1 Å². The van der Waals surface area contributed by atoms with E-state index < -0.39 is 55.8 Å². The molecule has 0 saturated heterocycles. The molecule has 0 aliphatic heterocycles. The number of nitrogens with one attached hydrogen (secondary N) is 1. The van der Waals surface area contributed by atoms with Gasteiger partial charge in [-0.1, -0.05) is 6.58 Å². The van der Waals surface area contributed by atoms with Gasteiger partial charge in [0, 0.05) is 0 Å². The lowest BCUT2D eigenvalue weighted by Crippen LogP contribution is -2.57. The lowest BCUT2D eigenvalue weighted by molar-refractivity contribution is -0.125. The molecule has 0 spiro atoms. The van der Waals surface area contributed by atoms with E-state index in [1.54, 1.807) is 0 Å². The Morgan fingerprint density at radius 3 is 1.85 bits per heavy atom. The average molecular weight is 294 g/mol. The first-order valence-electron chi connectivity index (χ1n) is 5.79. The molecule has 0 fully saturated rings. The molecule has 0 aromatic carbocycles.